The van der Waals surface area contributed by atoms with Crippen molar-refractivity contribution in [3.8, 4) is 0 Å². The van der Waals surface area contributed by atoms with Gasteiger partial charge in [-0.05, 0) is 88.7 Å². The number of fused-ring (bicyclic) bond motifs is 1. The molecule has 0 radical (unpaired) electrons. The lowest BCUT2D eigenvalue weighted by Gasteiger charge is -2.37. The summed E-state index contributed by atoms with van der Waals surface area (Å²) in [4.78, 5) is 32.7. The Morgan fingerprint density at radius 3 is 2.37 bits per heavy atom. The summed E-state index contributed by atoms with van der Waals surface area (Å²) in [7, 11) is 0. The first-order chi connectivity index (χ1) is 18.3. The van der Waals surface area contributed by atoms with E-state index in [9.17, 15) is 9.59 Å². The average molecular weight is 664 g/mol. The van der Waals surface area contributed by atoms with Gasteiger partial charge in [-0.15, -0.1) is 0 Å². The van der Waals surface area contributed by atoms with Crippen LogP contribution in [0, 0.1) is 10.5 Å². The molecule has 5 rings (SSSR count). The predicted octanol–water partition coefficient (Wildman–Crippen LogP) is 5.45. The first-order valence-corrected chi connectivity index (χ1v) is 14.4. The highest BCUT2D eigenvalue weighted by Gasteiger charge is 2.48. The maximum absolute atomic E-state index is 14.8. The third-order valence-corrected chi connectivity index (χ3v) is 8.43. The van der Waals surface area contributed by atoms with E-state index in [0.717, 1.165) is 27.8 Å². The monoisotopic (exact) mass is 663 g/mol. The van der Waals surface area contributed by atoms with Crippen molar-refractivity contribution in [3.05, 3.63) is 96.5 Å². The fraction of sp³-hybridized carbons (Fsp3) is 0.310. The number of rotatable bonds is 6. The average Bonchev–Trinajstić information content (AvgIpc) is 2.99. The molecule has 2 aliphatic rings. The zero-order chi connectivity index (χ0) is 26.9. The molecule has 0 saturated carbocycles. The van der Waals surface area contributed by atoms with Crippen molar-refractivity contribution < 1.29 is 14.3 Å². The number of morpholine rings is 1. The predicted molar refractivity (Wildman–Crippen MR) is 159 cm³/mol. The third-order valence-electron chi connectivity index (χ3n) is 7.27. The maximum atomic E-state index is 14.8. The van der Waals surface area contributed by atoms with Crippen LogP contribution in [0.2, 0.25) is 10.0 Å². The van der Waals surface area contributed by atoms with Gasteiger partial charge >= 0.3 is 0 Å². The number of carbonyl (C=O) groups is 2. The summed E-state index contributed by atoms with van der Waals surface area (Å²) in [5.41, 5.74) is 2.29. The molecule has 1 fully saturated rings. The number of amides is 2. The van der Waals surface area contributed by atoms with E-state index in [2.05, 4.69) is 32.8 Å². The molecule has 0 bridgehead atoms. The van der Waals surface area contributed by atoms with Gasteiger partial charge in [0.2, 0.25) is 0 Å². The second-order valence-electron chi connectivity index (χ2n) is 9.69. The van der Waals surface area contributed by atoms with Crippen molar-refractivity contribution >= 4 is 63.3 Å². The molecule has 3 aromatic carbocycles. The summed E-state index contributed by atoms with van der Waals surface area (Å²) in [5.74, 6) is -0.474. The minimum atomic E-state index is -1.35. The van der Waals surface area contributed by atoms with E-state index in [-0.39, 0.29) is 18.2 Å². The molecule has 6 nitrogen and oxygen atoms in total. The molecular weight excluding hydrogens is 636 g/mol. The van der Waals surface area contributed by atoms with Gasteiger partial charge in [0, 0.05) is 46.2 Å². The zero-order valence-electron chi connectivity index (χ0n) is 21.0. The van der Waals surface area contributed by atoms with Crippen molar-refractivity contribution in [1.29, 1.82) is 0 Å². The van der Waals surface area contributed by atoms with Gasteiger partial charge in [0.05, 0.1) is 24.5 Å². The van der Waals surface area contributed by atoms with E-state index in [0.29, 0.717) is 53.2 Å². The van der Waals surface area contributed by atoms with Crippen LogP contribution < -0.4 is 10.2 Å². The minimum Gasteiger partial charge on any atom is -0.379 e. The minimum absolute atomic E-state index is 0.184. The molecule has 1 atom stereocenters. The van der Waals surface area contributed by atoms with Crippen LogP contribution in [-0.4, -0.2) is 56.1 Å². The highest BCUT2D eigenvalue weighted by atomic mass is 127. The van der Waals surface area contributed by atoms with Gasteiger partial charge in [0.1, 0.15) is 5.54 Å². The van der Waals surface area contributed by atoms with E-state index in [4.69, 9.17) is 27.9 Å². The Hall–Kier alpha value is -2.17. The lowest BCUT2D eigenvalue weighted by atomic mass is 9.81. The SMILES string of the molecule is Cc1cc(Cl)ccc1CC1(c2ccc(Cl)cc2)NC(=O)c2cc(I)ccc2N(CCN2CCOCC2)C1=O. The van der Waals surface area contributed by atoms with Crippen LogP contribution in [0.5, 0.6) is 0 Å². The standard InChI is InChI=1S/C29H28Cl2IN3O3/c1-19-16-23(31)5-2-20(19)18-29(21-3-6-22(30)7-4-21)28(37)35(11-10-34-12-14-38-15-13-34)26-9-8-24(32)17-25(26)27(36)33-29/h2-9,16-17H,10-15,18H2,1H3,(H,33,36). The number of carbonyl (C=O) groups excluding carboxylic acids is 2. The Morgan fingerprint density at radius 1 is 0.947 bits per heavy atom. The Balaban J connectivity index is 1.64. The molecule has 2 amide bonds. The van der Waals surface area contributed by atoms with Crippen molar-refractivity contribution in [1.82, 2.24) is 10.2 Å². The number of anilines is 1. The quantitative estimate of drug-likeness (QED) is 0.357. The molecule has 0 spiro atoms. The van der Waals surface area contributed by atoms with Gasteiger partial charge in [-0.1, -0.05) is 41.4 Å². The highest BCUT2D eigenvalue weighted by Crippen LogP contribution is 2.37. The van der Waals surface area contributed by atoms with Gasteiger partial charge in [-0.2, -0.15) is 0 Å². The number of nitrogens with zero attached hydrogens (tertiary/aromatic N) is 2. The van der Waals surface area contributed by atoms with E-state index < -0.39 is 5.54 Å². The molecule has 1 unspecified atom stereocenters. The molecule has 0 aromatic heterocycles. The number of ether oxygens (including phenoxy) is 1. The zero-order valence-corrected chi connectivity index (χ0v) is 24.6. The van der Waals surface area contributed by atoms with Crippen LogP contribution in [0.1, 0.15) is 27.0 Å². The molecule has 38 heavy (non-hydrogen) atoms. The fourth-order valence-corrected chi connectivity index (χ4v) is 6.01. The molecule has 198 valence electrons. The van der Waals surface area contributed by atoms with Crippen molar-refractivity contribution in [3.63, 3.8) is 0 Å². The number of hydrogen-bond acceptors (Lipinski definition) is 4. The molecule has 2 heterocycles. The van der Waals surface area contributed by atoms with Gasteiger partial charge in [-0.3, -0.25) is 14.5 Å². The van der Waals surface area contributed by atoms with Crippen LogP contribution in [-0.2, 0) is 21.5 Å². The Labute approximate surface area is 246 Å². The van der Waals surface area contributed by atoms with Gasteiger partial charge in [-0.25, -0.2) is 0 Å². The van der Waals surface area contributed by atoms with Crippen molar-refractivity contribution in [2.75, 3.05) is 44.3 Å². The van der Waals surface area contributed by atoms with Crippen molar-refractivity contribution in [2.45, 2.75) is 18.9 Å². The van der Waals surface area contributed by atoms with E-state index in [1.165, 1.54) is 0 Å². The van der Waals surface area contributed by atoms with E-state index >= 15 is 0 Å². The molecule has 2 aliphatic heterocycles. The molecule has 1 N–H and O–H groups in total. The summed E-state index contributed by atoms with van der Waals surface area (Å²) in [6, 6.07) is 18.4. The number of nitrogens with one attached hydrogen (secondary N) is 1. The van der Waals surface area contributed by atoms with E-state index in [1.54, 1.807) is 17.0 Å². The molecule has 9 heteroatoms. The number of aryl methyl sites for hydroxylation is 1. The second-order valence-corrected chi connectivity index (χ2v) is 11.8. The number of benzene rings is 3. The maximum Gasteiger partial charge on any atom is 0.257 e. The van der Waals surface area contributed by atoms with Gasteiger partial charge in [0.15, 0.2) is 0 Å². The first-order valence-electron chi connectivity index (χ1n) is 12.5. The fourth-order valence-electron chi connectivity index (χ4n) is 5.16. The van der Waals surface area contributed by atoms with Crippen LogP contribution in [0.25, 0.3) is 0 Å². The normalized spacial score (nSPS) is 20.2. The lowest BCUT2D eigenvalue weighted by molar-refractivity contribution is -0.125. The summed E-state index contributed by atoms with van der Waals surface area (Å²) in [6.07, 6.45) is 0.265. The number of halogens is 3. The Bertz CT molecular complexity index is 1360. The molecular formula is C29H28Cl2IN3O3. The Morgan fingerprint density at radius 2 is 1.66 bits per heavy atom. The molecule has 0 aliphatic carbocycles. The Kier molecular flexibility index (Phi) is 8.30. The van der Waals surface area contributed by atoms with E-state index in [1.807, 2.05) is 55.5 Å². The van der Waals surface area contributed by atoms with Crippen LogP contribution in [0.3, 0.4) is 0 Å². The second kappa shape index (κ2) is 11.5. The third kappa shape index (κ3) is 5.58. The number of hydrogen-bond donors (Lipinski definition) is 1. The largest absolute Gasteiger partial charge is 0.379 e. The smallest absolute Gasteiger partial charge is 0.257 e. The van der Waals surface area contributed by atoms with Crippen LogP contribution >= 0.6 is 45.8 Å². The van der Waals surface area contributed by atoms with Crippen LogP contribution in [0.15, 0.2) is 60.7 Å². The topological polar surface area (TPSA) is 61.9 Å². The van der Waals surface area contributed by atoms with Gasteiger partial charge < -0.3 is 15.0 Å². The summed E-state index contributed by atoms with van der Waals surface area (Å²) in [5, 5.41) is 4.36. The molecule has 1 saturated heterocycles. The first kappa shape index (κ1) is 27.4. The van der Waals surface area contributed by atoms with Gasteiger partial charge in [0.25, 0.3) is 11.8 Å². The summed E-state index contributed by atoms with van der Waals surface area (Å²) >= 11 is 14.7. The highest BCUT2D eigenvalue weighted by molar-refractivity contribution is 14.1. The summed E-state index contributed by atoms with van der Waals surface area (Å²) in [6.45, 7) is 6.05. The van der Waals surface area contributed by atoms with Crippen molar-refractivity contribution in [2.24, 2.45) is 0 Å². The lowest BCUT2D eigenvalue weighted by Crippen LogP contribution is -2.58. The molecule has 3 aromatic rings. The van der Waals surface area contributed by atoms with Crippen LogP contribution in [0.4, 0.5) is 5.69 Å². The summed E-state index contributed by atoms with van der Waals surface area (Å²) < 4.78 is 6.43.